The van der Waals surface area contributed by atoms with Gasteiger partial charge in [-0.2, -0.15) is 0 Å². The van der Waals surface area contributed by atoms with Crippen LogP contribution >= 0.6 is 0 Å². The molecule has 0 aliphatic carbocycles. The maximum absolute atomic E-state index is 13.0. The number of aromatic hydroxyl groups is 1. The molecule has 3 rings (SSSR count). The molecule has 3 aromatic rings. The first kappa shape index (κ1) is 24.6. The first-order valence-electron chi connectivity index (χ1n) is 7.61. The summed E-state index contributed by atoms with van der Waals surface area (Å²) >= 11 is 0. The summed E-state index contributed by atoms with van der Waals surface area (Å²) in [5.74, 6) is -2.91. The normalized spacial score (nSPS) is 9.93. The van der Waals surface area contributed by atoms with Gasteiger partial charge in [-0.25, -0.2) is 14.0 Å². The molecule has 0 fully saturated rings. The van der Waals surface area contributed by atoms with Gasteiger partial charge in [0.15, 0.2) is 5.75 Å². The molecule has 2 N–H and O–H groups in total. The Morgan fingerprint density at radius 3 is 2.29 bits per heavy atom. The summed E-state index contributed by atoms with van der Waals surface area (Å²) < 4.78 is 17.6. The Labute approximate surface area is 204 Å². The summed E-state index contributed by atoms with van der Waals surface area (Å²) in [6.07, 6.45) is 1.87. The molecular weight excluding hydrogens is 387 g/mol. The van der Waals surface area contributed by atoms with Gasteiger partial charge in [-0.05, 0) is 41.8 Å². The second-order valence-corrected chi connectivity index (χ2v) is 5.66. The van der Waals surface area contributed by atoms with E-state index in [4.69, 9.17) is 0 Å². The number of nitrogens with zero attached hydrogens (tertiary/aromatic N) is 1. The molecule has 0 saturated carbocycles. The molecule has 9 heteroatoms. The standard InChI is InChI=1S/C19H14FNO5.2Na.2H/c1-26-19(25)15-8-14(18(23)24)13-7-11(9-21-16(13)17(15)22)6-10-2-4-12(20)5-3-10;;;;/h2-5,7-9,22H,6H2,1H3,(H,23,24);;;;. The number of hydrogen-bond donors (Lipinski definition) is 2. The van der Waals surface area contributed by atoms with E-state index in [1.54, 1.807) is 18.2 Å². The number of carboxylic acid groups (broad SMARTS) is 1. The number of phenols is 1. The summed E-state index contributed by atoms with van der Waals surface area (Å²) in [4.78, 5) is 27.5. The van der Waals surface area contributed by atoms with Crippen LogP contribution in [0.4, 0.5) is 4.39 Å². The molecule has 136 valence electrons. The zero-order chi connectivity index (χ0) is 18.8. The van der Waals surface area contributed by atoms with Gasteiger partial charge in [0.2, 0.25) is 0 Å². The Hall–Kier alpha value is -1.48. The van der Waals surface area contributed by atoms with Crippen LogP contribution in [0, 0.1) is 5.82 Å². The quantitative estimate of drug-likeness (QED) is 0.510. The molecule has 1 aromatic heterocycles. The summed E-state index contributed by atoms with van der Waals surface area (Å²) in [7, 11) is 1.13. The van der Waals surface area contributed by atoms with Crippen molar-refractivity contribution in [3.05, 3.63) is 70.7 Å². The molecule has 1 heterocycles. The number of benzene rings is 2. The van der Waals surface area contributed by atoms with Gasteiger partial charge in [-0.15, -0.1) is 0 Å². The van der Waals surface area contributed by atoms with Crippen molar-refractivity contribution in [3.63, 3.8) is 0 Å². The average Bonchev–Trinajstić information content (AvgIpc) is 2.63. The predicted octanol–water partition coefficient (Wildman–Crippen LogP) is 1.86. The molecule has 0 aliphatic heterocycles. The van der Waals surface area contributed by atoms with Crippen molar-refractivity contribution in [1.82, 2.24) is 4.98 Å². The molecule has 2 aromatic carbocycles. The van der Waals surface area contributed by atoms with E-state index in [-0.39, 0.29) is 87.0 Å². The number of aromatic carboxylic acids is 1. The zero-order valence-corrected chi connectivity index (χ0v) is 13.7. The van der Waals surface area contributed by atoms with Crippen molar-refractivity contribution >= 4 is 82.0 Å². The van der Waals surface area contributed by atoms with Gasteiger partial charge in [-0.1, -0.05) is 12.1 Å². The van der Waals surface area contributed by atoms with E-state index in [1.807, 2.05) is 0 Å². The zero-order valence-electron chi connectivity index (χ0n) is 13.7. The number of hydrogen-bond acceptors (Lipinski definition) is 5. The minimum atomic E-state index is -1.26. The summed E-state index contributed by atoms with van der Waals surface area (Å²) in [6.45, 7) is 0. The SMILES string of the molecule is COC(=O)c1cc(C(=O)O)c2cc(Cc3ccc(F)cc3)cnc2c1O.[NaH].[NaH]. The van der Waals surface area contributed by atoms with Crippen LogP contribution in [0.3, 0.4) is 0 Å². The Bertz CT molecular complexity index is 1030. The molecule has 0 unspecified atom stereocenters. The summed E-state index contributed by atoms with van der Waals surface area (Å²) in [5.41, 5.74) is 1.05. The molecule has 6 nitrogen and oxygen atoms in total. The number of carboxylic acids is 1. The number of carbonyl (C=O) groups is 2. The van der Waals surface area contributed by atoms with Gasteiger partial charge in [0.25, 0.3) is 0 Å². The third-order valence-corrected chi connectivity index (χ3v) is 3.96. The Balaban J connectivity index is 0.00000196. The predicted molar refractivity (Wildman–Crippen MR) is 105 cm³/mol. The number of carbonyl (C=O) groups excluding carboxylic acids is 1. The van der Waals surface area contributed by atoms with E-state index in [2.05, 4.69) is 9.72 Å². The van der Waals surface area contributed by atoms with Gasteiger partial charge in [0.05, 0.1) is 12.7 Å². The molecule has 0 amide bonds. The number of fused-ring (bicyclic) bond motifs is 1. The van der Waals surface area contributed by atoms with E-state index < -0.39 is 17.7 Å². The van der Waals surface area contributed by atoms with E-state index in [0.717, 1.165) is 18.7 Å². The van der Waals surface area contributed by atoms with Crippen molar-refractivity contribution in [1.29, 1.82) is 0 Å². The summed E-state index contributed by atoms with van der Waals surface area (Å²) in [6, 6.07) is 8.55. The molecule has 28 heavy (non-hydrogen) atoms. The summed E-state index contributed by atoms with van der Waals surface area (Å²) in [5, 5.41) is 19.9. The van der Waals surface area contributed by atoms with Crippen molar-refractivity contribution < 1.29 is 28.9 Å². The molecule has 0 bridgehead atoms. The monoisotopic (exact) mass is 403 g/mol. The second kappa shape index (κ2) is 10.3. The number of ether oxygens (including phenoxy) is 1. The van der Waals surface area contributed by atoms with Crippen molar-refractivity contribution in [2.24, 2.45) is 0 Å². The van der Waals surface area contributed by atoms with E-state index >= 15 is 0 Å². The number of rotatable bonds is 4. The molecule has 0 atom stereocenters. The first-order chi connectivity index (χ1) is 12.4. The van der Waals surface area contributed by atoms with Crippen LogP contribution in [0.15, 0.2) is 42.6 Å². The van der Waals surface area contributed by atoms with Crippen molar-refractivity contribution in [2.45, 2.75) is 6.42 Å². The van der Waals surface area contributed by atoms with Crippen LogP contribution in [-0.4, -0.2) is 93.4 Å². The number of pyridine rings is 1. The van der Waals surface area contributed by atoms with Crippen LogP contribution < -0.4 is 0 Å². The topological polar surface area (TPSA) is 96.7 Å². The Morgan fingerprint density at radius 2 is 1.71 bits per heavy atom. The minimum absolute atomic E-state index is 0. The van der Waals surface area contributed by atoms with Crippen LogP contribution in [0.25, 0.3) is 10.9 Å². The van der Waals surface area contributed by atoms with Gasteiger partial charge in [0, 0.05) is 11.6 Å². The fraction of sp³-hybridized carbons (Fsp3) is 0.105. The molecule has 0 spiro atoms. The second-order valence-electron chi connectivity index (χ2n) is 5.66. The number of aromatic nitrogens is 1. The van der Waals surface area contributed by atoms with Gasteiger partial charge >= 0.3 is 71.1 Å². The molecule has 0 radical (unpaired) electrons. The Kier molecular flexibility index (Phi) is 9.07. The van der Waals surface area contributed by atoms with Gasteiger partial charge in [0.1, 0.15) is 16.9 Å². The van der Waals surface area contributed by atoms with Crippen LogP contribution in [0.5, 0.6) is 5.75 Å². The molecule has 0 saturated heterocycles. The fourth-order valence-corrected chi connectivity index (χ4v) is 2.70. The van der Waals surface area contributed by atoms with E-state index in [0.29, 0.717) is 12.0 Å². The van der Waals surface area contributed by atoms with Gasteiger partial charge in [-0.3, -0.25) is 4.98 Å². The number of halogens is 1. The third kappa shape index (κ3) is 5.11. The van der Waals surface area contributed by atoms with E-state index in [1.165, 1.54) is 18.3 Å². The fourth-order valence-electron chi connectivity index (χ4n) is 2.70. The van der Waals surface area contributed by atoms with Gasteiger partial charge < -0.3 is 14.9 Å². The van der Waals surface area contributed by atoms with Crippen molar-refractivity contribution in [3.8, 4) is 5.75 Å². The third-order valence-electron chi connectivity index (χ3n) is 3.96. The molecular formula is C19H16FNNa2O5. The van der Waals surface area contributed by atoms with Crippen molar-refractivity contribution in [2.75, 3.05) is 7.11 Å². The number of esters is 1. The van der Waals surface area contributed by atoms with Crippen LogP contribution in [-0.2, 0) is 11.2 Å². The molecule has 0 aliphatic rings. The van der Waals surface area contributed by atoms with E-state index in [9.17, 15) is 24.2 Å². The Morgan fingerprint density at radius 1 is 1.07 bits per heavy atom. The average molecular weight is 403 g/mol. The number of phenolic OH excluding ortho intramolecular Hbond substituents is 1. The number of methoxy groups -OCH3 is 1. The van der Waals surface area contributed by atoms with Crippen LogP contribution in [0.1, 0.15) is 31.8 Å². The first-order valence-corrected chi connectivity index (χ1v) is 7.61. The van der Waals surface area contributed by atoms with Crippen LogP contribution in [0.2, 0.25) is 0 Å². The maximum atomic E-state index is 13.0.